The van der Waals surface area contributed by atoms with Crippen LogP contribution in [0, 0.1) is 11.8 Å². The number of alkyl halides is 1. The molecule has 0 aliphatic heterocycles. The van der Waals surface area contributed by atoms with E-state index in [0.717, 1.165) is 5.33 Å². The Morgan fingerprint density at radius 3 is 2.23 bits per heavy atom. The Bertz CT molecular complexity index is 159. The van der Waals surface area contributed by atoms with E-state index in [1.165, 1.54) is 0 Å². The third-order valence-corrected chi connectivity index (χ3v) is 3.10. The van der Waals surface area contributed by atoms with E-state index < -0.39 is 0 Å². The normalized spacial score (nSPS) is 15.5. The highest BCUT2D eigenvalue weighted by Gasteiger charge is 2.13. The third kappa shape index (κ3) is 6.08. The lowest BCUT2D eigenvalue weighted by Gasteiger charge is -2.19. The summed E-state index contributed by atoms with van der Waals surface area (Å²) >= 11 is 3.40. The van der Waals surface area contributed by atoms with E-state index in [1.807, 2.05) is 6.92 Å². The number of halogens is 1. The first kappa shape index (κ1) is 12.9. The highest BCUT2D eigenvalue weighted by Crippen LogP contribution is 2.07. The molecule has 2 unspecified atom stereocenters. The molecule has 0 radical (unpaired) electrons. The SMILES string of the molecule is CC(C)CC(=O)NC(C)C(C)CBr. The molecule has 1 amide bonds. The first-order valence-electron chi connectivity index (χ1n) is 4.82. The van der Waals surface area contributed by atoms with Gasteiger partial charge in [-0.15, -0.1) is 0 Å². The zero-order chi connectivity index (χ0) is 10.4. The van der Waals surface area contributed by atoms with Gasteiger partial charge in [0.1, 0.15) is 0 Å². The van der Waals surface area contributed by atoms with Crippen molar-refractivity contribution in [2.75, 3.05) is 5.33 Å². The van der Waals surface area contributed by atoms with Crippen molar-refractivity contribution in [3.05, 3.63) is 0 Å². The van der Waals surface area contributed by atoms with Gasteiger partial charge >= 0.3 is 0 Å². The second-order valence-corrected chi connectivity index (χ2v) is 4.73. The average molecular weight is 250 g/mol. The number of hydrogen-bond acceptors (Lipinski definition) is 1. The summed E-state index contributed by atoms with van der Waals surface area (Å²) in [5.41, 5.74) is 0. The average Bonchev–Trinajstić information content (AvgIpc) is 2.01. The lowest BCUT2D eigenvalue weighted by Crippen LogP contribution is -2.38. The number of rotatable bonds is 5. The molecule has 2 atom stereocenters. The molecular formula is C10H20BrNO. The minimum Gasteiger partial charge on any atom is -0.353 e. The van der Waals surface area contributed by atoms with Crippen LogP contribution in [-0.4, -0.2) is 17.3 Å². The van der Waals surface area contributed by atoms with Gasteiger partial charge in [-0.2, -0.15) is 0 Å². The quantitative estimate of drug-likeness (QED) is 0.746. The van der Waals surface area contributed by atoms with Crippen molar-refractivity contribution in [2.24, 2.45) is 11.8 Å². The van der Waals surface area contributed by atoms with E-state index in [-0.39, 0.29) is 11.9 Å². The molecule has 0 rings (SSSR count). The molecule has 3 heteroatoms. The van der Waals surface area contributed by atoms with Crippen LogP contribution in [0.2, 0.25) is 0 Å². The smallest absolute Gasteiger partial charge is 0.220 e. The van der Waals surface area contributed by atoms with Crippen LogP contribution in [-0.2, 0) is 4.79 Å². The molecule has 2 nitrogen and oxygen atoms in total. The van der Waals surface area contributed by atoms with E-state index in [4.69, 9.17) is 0 Å². The van der Waals surface area contributed by atoms with Gasteiger partial charge in [-0.05, 0) is 18.8 Å². The lowest BCUT2D eigenvalue weighted by molar-refractivity contribution is -0.122. The van der Waals surface area contributed by atoms with Crippen LogP contribution >= 0.6 is 15.9 Å². The molecule has 0 saturated heterocycles. The van der Waals surface area contributed by atoms with Gasteiger partial charge in [0.15, 0.2) is 0 Å². The van der Waals surface area contributed by atoms with Gasteiger partial charge in [0.2, 0.25) is 5.91 Å². The van der Waals surface area contributed by atoms with Crippen LogP contribution in [0.25, 0.3) is 0 Å². The fraction of sp³-hybridized carbons (Fsp3) is 0.900. The Kier molecular flexibility index (Phi) is 6.39. The molecule has 0 fully saturated rings. The van der Waals surface area contributed by atoms with Crippen LogP contribution in [0.1, 0.15) is 34.1 Å². The van der Waals surface area contributed by atoms with Crippen molar-refractivity contribution >= 4 is 21.8 Å². The van der Waals surface area contributed by atoms with Gasteiger partial charge in [0, 0.05) is 17.8 Å². The Hall–Kier alpha value is -0.0500. The largest absolute Gasteiger partial charge is 0.353 e. The van der Waals surface area contributed by atoms with E-state index in [1.54, 1.807) is 0 Å². The summed E-state index contributed by atoms with van der Waals surface area (Å²) in [5, 5.41) is 3.92. The van der Waals surface area contributed by atoms with Crippen molar-refractivity contribution in [1.82, 2.24) is 5.32 Å². The van der Waals surface area contributed by atoms with Crippen molar-refractivity contribution in [3.63, 3.8) is 0 Å². The van der Waals surface area contributed by atoms with Crippen LogP contribution in [0.5, 0.6) is 0 Å². The van der Waals surface area contributed by atoms with Crippen LogP contribution < -0.4 is 5.32 Å². The third-order valence-electron chi connectivity index (χ3n) is 2.08. The molecule has 0 aliphatic carbocycles. The standard InChI is InChI=1S/C10H20BrNO/c1-7(2)5-10(13)12-9(4)8(3)6-11/h7-9H,5-6H2,1-4H3,(H,12,13). The summed E-state index contributed by atoms with van der Waals surface area (Å²) in [6.07, 6.45) is 0.624. The summed E-state index contributed by atoms with van der Waals surface area (Å²) < 4.78 is 0. The first-order chi connectivity index (χ1) is 5.97. The van der Waals surface area contributed by atoms with Crippen LogP contribution in [0.15, 0.2) is 0 Å². The minimum atomic E-state index is 0.162. The summed E-state index contributed by atoms with van der Waals surface area (Å²) in [4.78, 5) is 11.4. The van der Waals surface area contributed by atoms with Gasteiger partial charge in [0.05, 0.1) is 0 Å². The van der Waals surface area contributed by atoms with Gasteiger partial charge in [-0.3, -0.25) is 4.79 Å². The topological polar surface area (TPSA) is 29.1 Å². The molecule has 0 spiro atoms. The van der Waals surface area contributed by atoms with Crippen LogP contribution in [0.3, 0.4) is 0 Å². The summed E-state index contributed by atoms with van der Waals surface area (Å²) in [6, 6.07) is 0.255. The number of amides is 1. The maximum atomic E-state index is 11.4. The molecule has 0 saturated carbocycles. The molecule has 13 heavy (non-hydrogen) atoms. The molecule has 0 aromatic rings. The van der Waals surface area contributed by atoms with E-state index in [0.29, 0.717) is 18.3 Å². The highest BCUT2D eigenvalue weighted by atomic mass is 79.9. The molecule has 0 aromatic carbocycles. The van der Waals surface area contributed by atoms with Crippen molar-refractivity contribution in [1.29, 1.82) is 0 Å². The van der Waals surface area contributed by atoms with Crippen molar-refractivity contribution < 1.29 is 4.79 Å². The lowest BCUT2D eigenvalue weighted by atomic mass is 10.1. The minimum absolute atomic E-state index is 0.162. The van der Waals surface area contributed by atoms with Gasteiger partial charge in [-0.25, -0.2) is 0 Å². The second kappa shape index (κ2) is 6.41. The molecule has 0 aliphatic rings. The second-order valence-electron chi connectivity index (χ2n) is 4.09. The highest BCUT2D eigenvalue weighted by molar-refractivity contribution is 9.09. The monoisotopic (exact) mass is 249 g/mol. The van der Waals surface area contributed by atoms with Crippen LogP contribution in [0.4, 0.5) is 0 Å². The summed E-state index contributed by atoms with van der Waals surface area (Å²) in [6.45, 7) is 8.27. The molecule has 0 bridgehead atoms. The number of carbonyl (C=O) groups is 1. The molecule has 0 aromatic heterocycles. The number of carbonyl (C=O) groups excluding carboxylic acids is 1. The molecule has 78 valence electrons. The molecule has 0 heterocycles. The van der Waals surface area contributed by atoms with Crippen molar-refractivity contribution in [3.8, 4) is 0 Å². The predicted octanol–water partition coefficient (Wildman–Crippen LogP) is 2.57. The van der Waals surface area contributed by atoms with Crippen molar-refractivity contribution in [2.45, 2.75) is 40.2 Å². The zero-order valence-electron chi connectivity index (χ0n) is 8.93. The molecule has 1 N–H and O–H groups in total. The Balaban J connectivity index is 3.77. The maximum absolute atomic E-state index is 11.4. The Morgan fingerprint density at radius 2 is 1.85 bits per heavy atom. The van der Waals surface area contributed by atoms with Gasteiger partial charge in [-0.1, -0.05) is 36.7 Å². The molecular weight excluding hydrogens is 230 g/mol. The Labute approximate surface area is 89.6 Å². The van der Waals surface area contributed by atoms with E-state index in [2.05, 4.69) is 42.0 Å². The van der Waals surface area contributed by atoms with E-state index in [9.17, 15) is 4.79 Å². The predicted molar refractivity (Wildman–Crippen MR) is 60.0 cm³/mol. The zero-order valence-corrected chi connectivity index (χ0v) is 10.5. The maximum Gasteiger partial charge on any atom is 0.220 e. The fourth-order valence-electron chi connectivity index (χ4n) is 0.960. The summed E-state index contributed by atoms with van der Waals surface area (Å²) in [5.74, 6) is 1.08. The van der Waals surface area contributed by atoms with Gasteiger partial charge in [0.25, 0.3) is 0 Å². The van der Waals surface area contributed by atoms with E-state index >= 15 is 0 Å². The number of nitrogens with one attached hydrogen (secondary N) is 1. The summed E-state index contributed by atoms with van der Waals surface area (Å²) in [7, 11) is 0. The van der Waals surface area contributed by atoms with Gasteiger partial charge < -0.3 is 5.32 Å². The fourth-order valence-corrected chi connectivity index (χ4v) is 1.52. The first-order valence-corrected chi connectivity index (χ1v) is 5.94. The Morgan fingerprint density at radius 1 is 1.31 bits per heavy atom. The number of hydrogen-bond donors (Lipinski definition) is 1.